The number of benzene rings is 2. The summed E-state index contributed by atoms with van der Waals surface area (Å²) in [5.74, 6) is 2.46. The predicted molar refractivity (Wildman–Crippen MR) is 171 cm³/mol. The van der Waals surface area contributed by atoms with Gasteiger partial charge in [0.25, 0.3) is 0 Å². The first-order valence-corrected chi connectivity index (χ1v) is 13.7. The van der Waals surface area contributed by atoms with Crippen LogP contribution in [-0.2, 0) is 5.41 Å². The van der Waals surface area contributed by atoms with Crippen LogP contribution in [0, 0.1) is 0 Å². The van der Waals surface area contributed by atoms with Crippen LogP contribution in [-0.4, -0.2) is 7.11 Å². The fraction of sp³-hybridized carbons (Fsp3) is 0.333. The van der Waals surface area contributed by atoms with Crippen LogP contribution in [0.15, 0.2) is 122 Å². The zero-order chi connectivity index (χ0) is 29.4. The first-order chi connectivity index (χ1) is 18.4. The van der Waals surface area contributed by atoms with Crippen molar-refractivity contribution in [3.05, 3.63) is 133 Å². The number of rotatable bonds is 10. The second-order valence-electron chi connectivity index (χ2n) is 7.99. The first-order valence-electron chi connectivity index (χ1n) is 13.7. The fourth-order valence-electron chi connectivity index (χ4n) is 3.47. The zero-order valence-electron chi connectivity index (χ0n) is 25.7. The molecule has 0 aliphatic carbocycles. The summed E-state index contributed by atoms with van der Waals surface area (Å²) in [6.07, 6.45) is 16.2. The normalized spacial score (nSPS) is 12.6. The molecule has 0 fully saturated rings. The Morgan fingerprint density at radius 2 is 1.21 bits per heavy atom. The summed E-state index contributed by atoms with van der Waals surface area (Å²) in [5, 5.41) is 0. The lowest BCUT2D eigenvalue weighted by Crippen LogP contribution is -2.22. The molecule has 0 bridgehead atoms. The van der Waals surface area contributed by atoms with Crippen LogP contribution in [0.3, 0.4) is 0 Å². The van der Waals surface area contributed by atoms with E-state index in [0.717, 1.165) is 23.7 Å². The van der Waals surface area contributed by atoms with Crippen molar-refractivity contribution in [2.75, 3.05) is 7.11 Å². The molecule has 0 heterocycles. The fourth-order valence-corrected chi connectivity index (χ4v) is 3.47. The number of hydrogen-bond donors (Lipinski definition) is 0. The molecular weight excluding hydrogens is 464 g/mol. The Labute approximate surface area is 234 Å². The highest BCUT2D eigenvalue weighted by Crippen LogP contribution is 2.36. The summed E-state index contributed by atoms with van der Waals surface area (Å²) in [4.78, 5) is 0. The molecule has 2 rings (SSSR count). The van der Waals surface area contributed by atoms with E-state index in [1.807, 2.05) is 109 Å². The Kier molecular flexibility index (Phi) is 21.8. The Morgan fingerprint density at radius 3 is 1.58 bits per heavy atom. The van der Waals surface area contributed by atoms with Gasteiger partial charge in [0.05, 0.1) is 7.11 Å². The van der Waals surface area contributed by atoms with Gasteiger partial charge in [0, 0.05) is 5.41 Å². The SMILES string of the molecule is C=C/C=C(C)\C=C/C.C=C/C=C(\C=C/C)Oc1ccc(C(C)(CC)c2ccc(OC)cc2)cc1.CC.CC. The minimum absolute atomic E-state index is 0.0616. The molecule has 0 radical (unpaired) electrons. The van der Waals surface area contributed by atoms with Gasteiger partial charge in [-0.2, -0.15) is 0 Å². The Balaban J connectivity index is 0. The highest BCUT2D eigenvalue weighted by atomic mass is 16.5. The summed E-state index contributed by atoms with van der Waals surface area (Å²) in [6, 6.07) is 16.6. The zero-order valence-corrected chi connectivity index (χ0v) is 25.7. The number of hydrogen-bond acceptors (Lipinski definition) is 2. The van der Waals surface area contributed by atoms with E-state index in [1.54, 1.807) is 19.3 Å². The minimum atomic E-state index is -0.0616. The van der Waals surface area contributed by atoms with Gasteiger partial charge in [0.1, 0.15) is 17.3 Å². The van der Waals surface area contributed by atoms with Gasteiger partial charge in [-0.25, -0.2) is 0 Å². The van der Waals surface area contributed by atoms with Crippen molar-refractivity contribution in [2.45, 2.75) is 74.1 Å². The van der Waals surface area contributed by atoms with E-state index in [1.165, 1.54) is 16.7 Å². The van der Waals surface area contributed by atoms with E-state index in [2.05, 4.69) is 51.3 Å². The number of allylic oxidation sites excluding steroid dienone is 9. The third-order valence-corrected chi connectivity index (χ3v) is 5.58. The highest BCUT2D eigenvalue weighted by molar-refractivity contribution is 5.43. The number of ether oxygens (including phenoxy) is 2. The van der Waals surface area contributed by atoms with Crippen LogP contribution < -0.4 is 9.47 Å². The first kappa shape index (κ1) is 36.6. The van der Waals surface area contributed by atoms with Crippen LogP contribution in [0.5, 0.6) is 11.5 Å². The largest absolute Gasteiger partial charge is 0.497 e. The third kappa shape index (κ3) is 13.1. The number of methoxy groups -OCH3 is 1. The van der Waals surface area contributed by atoms with E-state index in [9.17, 15) is 0 Å². The summed E-state index contributed by atoms with van der Waals surface area (Å²) in [7, 11) is 1.69. The van der Waals surface area contributed by atoms with Gasteiger partial charge in [-0.15, -0.1) is 0 Å². The molecule has 2 heteroatoms. The van der Waals surface area contributed by atoms with Gasteiger partial charge in [-0.3, -0.25) is 0 Å². The van der Waals surface area contributed by atoms with Crippen molar-refractivity contribution >= 4 is 0 Å². The molecule has 0 saturated heterocycles. The lowest BCUT2D eigenvalue weighted by atomic mass is 9.74. The van der Waals surface area contributed by atoms with Crippen LogP contribution >= 0.6 is 0 Å². The van der Waals surface area contributed by atoms with E-state index >= 15 is 0 Å². The van der Waals surface area contributed by atoms with Crippen molar-refractivity contribution in [3.63, 3.8) is 0 Å². The molecule has 208 valence electrons. The molecule has 0 aliphatic heterocycles. The average molecular weight is 517 g/mol. The molecule has 0 aliphatic rings. The second-order valence-corrected chi connectivity index (χ2v) is 7.99. The molecule has 2 nitrogen and oxygen atoms in total. The van der Waals surface area contributed by atoms with Crippen molar-refractivity contribution in [1.82, 2.24) is 0 Å². The molecule has 2 aromatic carbocycles. The lowest BCUT2D eigenvalue weighted by molar-refractivity contribution is 0.414. The standard InChI is InChI=1S/C24H28O2.C8H12.2C2H6/c1-6-9-22(10-7-2)26-23-17-13-20(14-18-23)24(4,8-3)19-11-15-21(25-5)16-12-19;1-4-6-8(3)7-5-2;2*1-2/h6-7,9-18H,1,8H2,2-5H3;4-7H,1H2,2-3H3;2*1-2H3/b10-7-,22-9+;7-5-,8-6-;;. The maximum absolute atomic E-state index is 5.92. The Morgan fingerprint density at radius 1 is 0.763 bits per heavy atom. The Bertz CT molecular complexity index is 1000. The maximum Gasteiger partial charge on any atom is 0.127 e. The highest BCUT2D eigenvalue weighted by Gasteiger charge is 2.26. The van der Waals surface area contributed by atoms with E-state index in [4.69, 9.17) is 9.47 Å². The summed E-state index contributed by atoms with van der Waals surface area (Å²) >= 11 is 0. The molecule has 0 aromatic heterocycles. The summed E-state index contributed by atoms with van der Waals surface area (Å²) < 4.78 is 11.2. The van der Waals surface area contributed by atoms with Crippen molar-refractivity contribution in [2.24, 2.45) is 0 Å². The summed E-state index contributed by atoms with van der Waals surface area (Å²) in [5.41, 5.74) is 3.71. The van der Waals surface area contributed by atoms with Crippen LogP contribution in [0.4, 0.5) is 0 Å². The van der Waals surface area contributed by atoms with Gasteiger partial charge >= 0.3 is 0 Å². The van der Waals surface area contributed by atoms with Crippen LogP contribution in [0.1, 0.15) is 79.9 Å². The molecule has 2 aromatic rings. The monoisotopic (exact) mass is 516 g/mol. The lowest BCUT2D eigenvalue weighted by Gasteiger charge is -2.30. The molecular formula is C36H52O2. The van der Waals surface area contributed by atoms with Crippen LogP contribution in [0.25, 0.3) is 0 Å². The van der Waals surface area contributed by atoms with Gasteiger partial charge in [0.15, 0.2) is 0 Å². The summed E-state index contributed by atoms with van der Waals surface area (Å²) in [6.45, 7) is 25.8. The van der Waals surface area contributed by atoms with Gasteiger partial charge in [0.2, 0.25) is 0 Å². The molecule has 38 heavy (non-hydrogen) atoms. The van der Waals surface area contributed by atoms with Gasteiger partial charge < -0.3 is 9.47 Å². The van der Waals surface area contributed by atoms with E-state index in [-0.39, 0.29) is 5.41 Å². The molecule has 0 spiro atoms. The Hall–Kier alpha value is -3.52. The third-order valence-electron chi connectivity index (χ3n) is 5.58. The average Bonchev–Trinajstić information content (AvgIpc) is 2.96. The van der Waals surface area contributed by atoms with Gasteiger partial charge in [-0.05, 0) is 74.7 Å². The molecule has 1 unspecified atom stereocenters. The second kappa shape index (κ2) is 22.7. The van der Waals surface area contributed by atoms with Crippen molar-refractivity contribution in [1.29, 1.82) is 0 Å². The van der Waals surface area contributed by atoms with Crippen LogP contribution in [0.2, 0.25) is 0 Å². The quantitative estimate of drug-likeness (QED) is 0.231. The van der Waals surface area contributed by atoms with Gasteiger partial charge in [-0.1, -0.05) is 121 Å². The smallest absolute Gasteiger partial charge is 0.127 e. The molecule has 1 atom stereocenters. The maximum atomic E-state index is 5.92. The minimum Gasteiger partial charge on any atom is -0.497 e. The van der Waals surface area contributed by atoms with Crippen molar-refractivity contribution in [3.8, 4) is 11.5 Å². The molecule has 0 saturated carbocycles. The topological polar surface area (TPSA) is 18.5 Å². The molecule has 0 N–H and O–H groups in total. The van der Waals surface area contributed by atoms with E-state index < -0.39 is 0 Å². The predicted octanol–water partition coefficient (Wildman–Crippen LogP) is 11.2. The molecule has 0 amide bonds. The van der Waals surface area contributed by atoms with Crippen molar-refractivity contribution < 1.29 is 9.47 Å². The van der Waals surface area contributed by atoms with E-state index in [0.29, 0.717) is 0 Å².